The van der Waals surface area contributed by atoms with E-state index in [2.05, 4.69) is 10.3 Å². The molecule has 0 aliphatic carbocycles. The van der Waals surface area contributed by atoms with Crippen LogP contribution in [0.4, 0.5) is 0 Å². The van der Waals surface area contributed by atoms with Gasteiger partial charge in [0.2, 0.25) is 5.91 Å². The highest BCUT2D eigenvalue weighted by atomic mass is 32.1. The Morgan fingerprint density at radius 3 is 3.09 bits per heavy atom. The maximum Gasteiger partial charge on any atom is 0.225 e. The number of amides is 1. The highest BCUT2D eigenvalue weighted by molar-refractivity contribution is 7.10. The van der Waals surface area contributed by atoms with Crippen molar-refractivity contribution in [2.75, 3.05) is 13.2 Å². The van der Waals surface area contributed by atoms with Crippen LogP contribution in [0.5, 0.6) is 5.75 Å². The van der Waals surface area contributed by atoms with E-state index >= 15 is 0 Å². The van der Waals surface area contributed by atoms with Gasteiger partial charge in [-0.25, -0.2) is 4.98 Å². The first-order chi connectivity index (χ1) is 11.3. The van der Waals surface area contributed by atoms with E-state index in [4.69, 9.17) is 4.74 Å². The number of hydrogen-bond donors (Lipinski definition) is 1. The van der Waals surface area contributed by atoms with Gasteiger partial charge in [0.1, 0.15) is 0 Å². The van der Waals surface area contributed by atoms with Crippen LogP contribution in [0.1, 0.15) is 17.5 Å². The van der Waals surface area contributed by atoms with E-state index in [0.717, 1.165) is 22.0 Å². The summed E-state index contributed by atoms with van der Waals surface area (Å²) in [5.74, 6) is 0.828. The Labute approximate surface area is 138 Å². The SMILES string of the molecule is CCOc1cccn2cc(CCNC(=O)Cc3cccs3)nc12. The second-order valence-corrected chi connectivity index (χ2v) is 6.16. The fourth-order valence-corrected chi connectivity index (χ4v) is 3.09. The molecule has 0 fully saturated rings. The molecule has 0 spiro atoms. The number of nitrogens with one attached hydrogen (secondary N) is 1. The molecular weight excluding hydrogens is 310 g/mol. The van der Waals surface area contributed by atoms with Crippen molar-refractivity contribution in [2.45, 2.75) is 19.8 Å². The summed E-state index contributed by atoms with van der Waals surface area (Å²) in [7, 11) is 0. The average Bonchev–Trinajstić information content (AvgIpc) is 3.17. The molecule has 5 nitrogen and oxygen atoms in total. The number of ether oxygens (including phenoxy) is 1. The van der Waals surface area contributed by atoms with Gasteiger partial charge in [0.25, 0.3) is 0 Å². The summed E-state index contributed by atoms with van der Waals surface area (Å²) in [5.41, 5.74) is 1.75. The monoisotopic (exact) mass is 329 g/mol. The second-order valence-electron chi connectivity index (χ2n) is 5.12. The molecule has 3 aromatic heterocycles. The lowest BCUT2D eigenvalue weighted by atomic mass is 10.3. The zero-order chi connectivity index (χ0) is 16.1. The molecule has 3 aromatic rings. The summed E-state index contributed by atoms with van der Waals surface area (Å²) in [5, 5.41) is 4.92. The third-order valence-corrected chi connectivity index (χ3v) is 4.29. The Hall–Kier alpha value is -2.34. The number of hydrogen-bond acceptors (Lipinski definition) is 4. The number of fused-ring (bicyclic) bond motifs is 1. The van der Waals surface area contributed by atoms with E-state index in [9.17, 15) is 4.79 Å². The van der Waals surface area contributed by atoms with Crippen LogP contribution in [0, 0.1) is 0 Å². The Kier molecular flexibility index (Phi) is 4.92. The standard InChI is InChI=1S/C17H19N3O2S/c1-2-22-15-6-3-9-20-12-13(19-17(15)20)7-8-18-16(21)11-14-5-4-10-23-14/h3-6,9-10,12H,2,7-8,11H2,1H3,(H,18,21). The molecule has 3 heterocycles. The van der Waals surface area contributed by atoms with Crippen molar-refractivity contribution in [3.63, 3.8) is 0 Å². The van der Waals surface area contributed by atoms with E-state index in [1.54, 1.807) is 11.3 Å². The summed E-state index contributed by atoms with van der Waals surface area (Å²) in [6.07, 6.45) is 5.06. The molecule has 0 aliphatic heterocycles. The van der Waals surface area contributed by atoms with Crippen LogP contribution in [-0.4, -0.2) is 28.4 Å². The Morgan fingerprint density at radius 1 is 1.39 bits per heavy atom. The second kappa shape index (κ2) is 7.28. The van der Waals surface area contributed by atoms with Crippen molar-refractivity contribution in [2.24, 2.45) is 0 Å². The topological polar surface area (TPSA) is 55.6 Å². The third kappa shape index (κ3) is 3.90. The van der Waals surface area contributed by atoms with Crippen molar-refractivity contribution in [1.29, 1.82) is 0 Å². The molecule has 0 aliphatic rings. The molecule has 0 unspecified atom stereocenters. The molecule has 0 aromatic carbocycles. The van der Waals surface area contributed by atoms with E-state index in [-0.39, 0.29) is 5.91 Å². The van der Waals surface area contributed by atoms with Crippen molar-refractivity contribution in [1.82, 2.24) is 14.7 Å². The average molecular weight is 329 g/mol. The van der Waals surface area contributed by atoms with Crippen LogP contribution < -0.4 is 10.1 Å². The first kappa shape index (κ1) is 15.6. The summed E-state index contributed by atoms with van der Waals surface area (Å²) in [4.78, 5) is 17.5. The predicted octanol–water partition coefficient (Wildman–Crippen LogP) is 2.70. The third-order valence-electron chi connectivity index (χ3n) is 3.41. The Morgan fingerprint density at radius 2 is 2.30 bits per heavy atom. The zero-order valence-electron chi connectivity index (χ0n) is 13.0. The number of rotatable bonds is 7. The molecule has 1 N–H and O–H groups in total. The molecule has 0 saturated heterocycles. The minimum atomic E-state index is 0.0474. The number of carbonyl (C=O) groups excluding carboxylic acids is 1. The van der Waals surface area contributed by atoms with E-state index in [0.29, 0.717) is 26.0 Å². The van der Waals surface area contributed by atoms with Gasteiger partial charge in [-0.3, -0.25) is 4.79 Å². The number of nitrogens with zero attached hydrogens (tertiary/aromatic N) is 2. The lowest BCUT2D eigenvalue weighted by Crippen LogP contribution is -2.27. The highest BCUT2D eigenvalue weighted by Gasteiger charge is 2.08. The van der Waals surface area contributed by atoms with Gasteiger partial charge in [-0.05, 0) is 30.5 Å². The first-order valence-electron chi connectivity index (χ1n) is 7.64. The molecule has 120 valence electrons. The van der Waals surface area contributed by atoms with Gasteiger partial charge in [-0.1, -0.05) is 6.07 Å². The minimum Gasteiger partial charge on any atom is -0.490 e. The van der Waals surface area contributed by atoms with Crippen LogP contribution >= 0.6 is 11.3 Å². The minimum absolute atomic E-state index is 0.0474. The lowest BCUT2D eigenvalue weighted by molar-refractivity contribution is -0.120. The fraction of sp³-hybridized carbons (Fsp3) is 0.294. The van der Waals surface area contributed by atoms with Crippen LogP contribution in [-0.2, 0) is 17.6 Å². The summed E-state index contributed by atoms with van der Waals surface area (Å²) >= 11 is 1.60. The van der Waals surface area contributed by atoms with Crippen LogP contribution in [0.2, 0.25) is 0 Å². The van der Waals surface area contributed by atoms with Gasteiger partial charge in [-0.2, -0.15) is 0 Å². The molecule has 3 rings (SSSR count). The van der Waals surface area contributed by atoms with E-state index < -0.39 is 0 Å². The maximum atomic E-state index is 11.9. The normalized spacial score (nSPS) is 10.8. The van der Waals surface area contributed by atoms with Gasteiger partial charge in [0.15, 0.2) is 11.4 Å². The van der Waals surface area contributed by atoms with E-state index in [1.807, 2.05) is 53.4 Å². The number of imidazole rings is 1. The number of aromatic nitrogens is 2. The summed E-state index contributed by atoms with van der Waals surface area (Å²) < 4.78 is 7.53. The van der Waals surface area contributed by atoms with Gasteiger partial charge in [0.05, 0.1) is 18.7 Å². The van der Waals surface area contributed by atoms with Gasteiger partial charge in [-0.15, -0.1) is 11.3 Å². The highest BCUT2D eigenvalue weighted by Crippen LogP contribution is 2.19. The molecule has 6 heteroatoms. The zero-order valence-corrected chi connectivity index (χ0v) is 13.8. The molecule has 23 heavy (non-hydrogen) atoms. The molecule has 0 bridgehead atoms. The lowest BCUT2D eigenvalue weighted by Gasteiger charge is -2.03. The molecule has 0 saturated carbocycles. The predicted molar refractivity (Wildman–Crippen MR) is 91.1 cm³/mol. The van der Waals surface area contributed by atoms with Gasteiger partial charge >= 0.3 is 0 Å². The van der Waals surface area contributed by atoms with Crippen LogP contribution in [0.15, 0.2) is 42.0 Å². The molecule has 1 amide bonds. The number of carbonyl (C=O) groups is 1. The summed E-state index contributed by atoms with van der Waals surface area (Å²) in [6.45, 7) is 3.15. The largest absolute Gasteiger partial charge is 0.490 e. The van der Waals surface area contributed by atoms with Crippen molar-refractivity contribution in [3.8, 4) is 5.75 Å². The van der Waals surface area contributed by atoms with Crippen molar-refractivity contribution in [3.05, 3.63) is 52.6 Å². The molecular formula is C17H19N3O2S. The number of thiophene rings is 1. The first-order valence-corrected chi connectivity index (χ1v) is 8.52. The van der Waals surface area contributed by atoms with Crippen molar-refractivity contribution >= 4 is 22.9 Å². The smallest absolute Gasteiger partial charge is 0.225 e. The van der Waals surface area contributed by atoms with Gasteiger partial charge in [0, 0.05) is 30.2 Å². The number of pyridine rings is 1. The van der Waals surface area contributed by atoms with E-state index in [1.165, 1.54) is 0 Å². The van der Waals surface area contributed by atoms with Gasteiger partial charge < -0.3 is 14.5 Å². The quantitative estimate of drug-likeness (QED) is 0.725. The molecule has 0 atom stereocenters. The maximum absolute atomic E-state index is 11.9. The van der Waals surface area contributed by atoms with Crippen molar-refractivity contribution < 1.29 is 9.53 Å². The fourth-order valence-electron chi connectivity index (χ4n) is 2.39. The Balaban J connectivity index is 1.57. The molecule has 0 radical (unpaired) electrons. The summed E-state index contributed by atoms with van der Waals surface area (Å²) in [6, 6.07) is 7.78. The van der Waals surface area contributed by atoms with Crippen LogP contribution in [0.3, 0.4) is 0 Å². The van der Waals surface area contributed by atoms with Crippen LogP contribution in [0.25, 0.3) is 5.65 Å². The Bertz CT molecular complexity index is 780.